The third-order valence-corrected chi connectivity index (χ3v) is 6.26. The molecule has 2 amide bonds. The fourth-order valence-electron chi connectivity index (χ4n) is 4.16. The number of hydrogen-bond acceptors (Lipinski definition) is 5. The summed E-state index contributed by atoms with van der Waals surface area (Å²) in [6.45, 7) is 0.699. The smallest absolute Gasteiger partial charge is 0.256 e. The summed E-state index contributed by atoms with van der Waals surface area (Å²) in [4.78, 5) is 29.7. The van der Waals surface area contributed by atoms with Crippen molar-refractivity contribution in [3.8, 4) is 11.5 Å². The molecule has 3 aromatic carbocycles. The van der Waals surface area contributed by atoms with E-state index < -0.39 is 6.04 Å². The van der Waals surface area contributed by atoms with Crippen molar-refractivity contribution in [2.24, 2.45) is 0 Å². The first kappa shape index (κ1) is 21.9. The fourth-order valence-corrected chi connectivity index (χ4v) is 4.57. The highest BCUT2D eigenvalue weighted by atomic mass is 32.1. The quantitative estimate of drug-likeness (QED) is 0.524. The summed E-state index contributed by atoms with van der Waals surface area (Å²) in [6.07, 6.45) is 0.627. The third kappa shape index (κ3) is 4.45. The lowest BCUT2D eigenvalue weighted by molar-refractivity contribution is -0.124. The Morgan fingerprint density at radius 3 is 2.44 bits per heavy atom. The summed E-state index contributed by atoms with van der Waals surface area (Å²) in [5.41, 5.74) is 2.41. The zero-order valence-corrected chi connectivity index (χ0v) is 19.2. The van der Waals surface area contributed by atoms with Gasteiger partial charge in [0, 0.05) is 12.2 Å². The molecule has 0 radical (unpaired) electrons. The average molecular weight is 474 g/mol. The molecule has 0 bridgehead atoms. The molecule has 2 aliphatic rings. The van der Waals surface area contributed by atoms with Crippen LogP contribution in [0.2, 0.25) is 0 Å². The molecule has 2 heterocycles. The van der Waals surface area contributed by atoms with Crippen LogP contribution in [0.3, 0.4) is 0 Å². The molecule has 5 rings (SSSR count). The number of carbonyl (C=O) groups is 2. The van der Waals surface area contributed by atoms with E-state index in [1.54, 1.807) is 0 Å². The first-order valence-corrected chi connectivity index (χ1v) is 11.4. The summed E-state index contributed by atoms with van der Waals surface area (Å²) in [5, 5.41) is 3.27. The number of ether oxygens (including phenoxy) is 2. The van der Waals surface area contributed by atoms with Gasteiger partial charge in [-0.15, -0.1) is 0 Å². The number of fused-ring (bicyclic) bond motifs is 1. The van der Waals surface area contributed by atoms with Gasteiger partial charge in [0.15, 0.2) is 16.6 Å². The Bertz CT molecular complexity index is 1220. The Hall–Kier alpha value is -3.91. The van der Waals surface area contributed by atoms with Crippen LogP contribution in [0.25, 0.3) is 0 Å². The van der Waals surface area contributed by atoms with E-state index in [9.17, 15) is 9.59 Å². The highest BCUT2D eigenvalue weighted by molar-refractivity contribution is 7.80. The number of nitrogens with zero attached hydrogens (tertiary/aromatic N) is 2. The number of hydrogen-bond donors (Lipinski definition) is 1. The van der Waals surface area contributed by atoms with Gasteiger partial charge in [0.25, 0.3) is 5.91 Å². The lowest BCUT2D eigenvalue weighted by Gasteiger charge is -2.24. The third-order valence-electron chi connectivity index (χ3n) is 5.85. The maximum atomic E-state index is 13.5. The van der Waals surface area contributed by atoms with Crippen LogP contribution in [0.5, 0.6) is 11.5 Å². The lowest BCUT2D eigenvalue weighted by atomic mass is 10.1. The minimum Gasteiger partial charge on any atom is -0.454 e. The van der Waals surface area contributed by atoms with Gasteiger partial charge in [0.1, 0.15) is 6.04 Å². The molecule has 0 spiro atoms. The number of rotatable bonds is 7. The van der Waals surface area contributed by atoms with E-state index in [0.29, 0.717) is 35.2 Å². The highest BCUT2D eigenvalue weighted by Gasteiger charge is 2.43. The molecule has 3 aromatic rings. The monoisotopic (exact) mass is 473 g/mol. The van der Waals surface area contributed by atoms with Crippen LogP contribution in [0.4, 0.5) is 11.4 Å². The molecule has 0 aliphatic carbocycles. The van der Waals surface area contributed by atoms with E-state index in [4.69, 9.17) is 21.7 Å². The van der Waals surface area contributed by atoms with E-state index in [2.05, 4.69) is 5.32 Å². The number of anilines is 2. The number of benzene rings is 3. The second-order valence-corrected chi connectivity index (χ2v) is 8.42. The molecule has 7 nitrogen and oxygen atoms in total. The van der Waals surface area contributed by atoms with Crippen LogP contribution in [0.1, 0.15) is 12.0 Å². The zero-order valence-electron chi connectivity index (χ0n) is 18.3. The van der Waals surface area contributed by atoms with Crippen LogP contribution in [0, 0.1) is 0 Å². The number of amides is 2. The molecule has 8 heteroatoms. The Labute approximate surface area is 202 Å². The molecule has 2 aliphatic heterocycles. The van der Waals surface area contributed by atoms with Crippen molar-refractivity contribution in [3.63, 3.8) is 0 Å². The van der Waals surface area contributed by atoms with E-state index in [0.717, 1.165) is 11.3 Å². The molecule has 1 saturated heterocycles. The maximum absolute atomic E-state index is 13.5. The predicted molar refractivity (Wildman–Crippen MR) is 133 cm³/mol. The molecule has 0 saturated carbocycles. The number of carbonyl (C=O) groups excluding carboxylic acids is 2. The van der Waals surface area contributed by atoms with Crippen molar-refractivity contribution in [2.75, 3.05) is 23.6 Å². The van der Waals surface area contributed by atoms with Crippen molar-refractivity contribution in [3.05, 3.63) is 84.4 Å². The molecule has 1 atom stereocenters. The van der Waals surface area contributed by atoms with Crippen molar-refractivity contribution in [1.29, 1.82) is 0 Å². The predicted octanol–water partition coefficient (Wildman–Crippen LogP) is 3.99. The SMILES string of the molecule is O=C(CC1C(=O)N(c2ccccc2)C(=S)N1CCc1ccc2c(c1)OCO2)Nc1ccccc1. The van der Waals surface area contributed by atoms with E-state index in [1.807, 2.05) is 83.8 Å². The van der Waals surface area contributed by atoms with E-state index >= 15 is 0 Å². The van der Waals surface area contributed by atoms with Gasteiger partial charge < -0.3 is 19.7 Å². The van der Waals surface area contributed by atoms with Gasteiger partial charge in [0.2, 0.25) is 12.7 Å². The van der Waals surface area contributed by atoms with Crippen molar-refractivity contribution in [2.45, 2.75) is 18.9 Å². The van der Waals surface area contributed by atoms with Gasteiger partial charge in [-0.1, -0.05) is 42.5 Å². The summed E-state index contributed by atoms with van der Waals surface area (Å²) in [7, 11) is 0. The summed E-state index contributed by atoms with van der Waals surface area (Å²) < 4.78 is 10.9. The van der Waals surface area contributed by atoms with Crippen LogP contribution in [-0.2, 0) is 16.0 Å². The largest absolute Gasteiger partial charge is 0.454 e. The molecule has 1 unspecified atom stereocenters. The highest BCUT2D eigenvalue weighted by Crippen LogP contribution is 2.33. The number of para-hydroxylation sites is 2. The van der Waals surface area contributed by atoms with Crippen molar-refractivity contribution >= 4 is 40.5 Å². The molecule has 34 heavy (non-hydrogen) atoms. The zero-order chi connectivity index (χ0) is 23.5. The van der Waals surface area contributed by atoms with Crippen LogP contribution in [-0.4, -0.2) is 41.2 Å². The van der Waals surface area contributed by atoms with Crippen LogP contribution >= 0.6 is 12.2 Å². The Morgan fingerprint density at radius 1 is 0.971 bits per heavy atom. The van der Waals surface area contributed by atoms with Gasteiger partial charge in [-0.2, -0.15) is 0 Å². The van der Waals surface area contributed by atoms with Gasteiger partial charge in [0.05, 0.1) is 12.1 Å². The maximum Gasteiger partial charge on any atom is 0.256 e. The molecular weight excluding hydrogens is 450 g/mol. The first-order chi connectivity index (χ1) is 16.6. The summed E-state index contributed by atoms with van der Waals surface area (Å²) in [5.74, 6) is 0.990. The number of nitrogens with one attached hydrogen (secondary N) is 1. The standard InChI is InChI=1S/C26H23N3O4S/c30-24(27-19-7-3-1-4-8-19)16-21-25(31)29(20-9-5-2-6-10-20)26(34)28(21)14-13-18-11-12-22-23(15-18)33-17-32-22/h1-12,15,21H,13-14,16-17H2,(H,27,30). The second-order valence-electron chi connectivity index (χ2n) is 8.06. The second kappa shape index (κ2) is 9.52. The summed E-state index contributed by atoms with van der Waals surface area (Å²) in [6, 6.07) is 23.6. The van der Waals surface area contributed by atoms with Crippen LogP contribution < -0.4 is 19.7 Å². The topological polar surface area (TPSA) is 71.1 Å². The van der Waals surface area contributed by atoms with Gasteiger partial charge in [-0.3, -0.25) is 14.5 Å². The normalized spacial score (nSPS) is 16.8. The minimum atomic E-state index is -0.689. The molecular formula is C26H23N3O4S. The fraction of sp³-hybridized carbons (Fsp3) is 0.192. The Kier molecular flexibility index (Phi) is 6.14. The Balaban J connectivity index is 1.36. The molecule has 1 fully saturated rings. The van der Waals surface area contributed by atoms with E-state index in [-0.39, 0.29) is 25.0 Å². The first-order valence-electron chi connectivity index (χ1n) is 11.0. The van der Waals surface area contributed by atoms with Crippen molar-refractivity contribution < 1.29 is 19.1 Å². The average Bonchev–Trinajstić information content (AvgIpc) is 3.41. The number of thiocarbonyl (C=S) groups is 1. The lowest BCUT2D eigenvalue weighted by Crippen LogP contribution is -2.39. The molecule has 0 aromatic heterocycles. The van der Waals surface area contributed by atoms with Gasteiger partial charge >= 0.3 is 0 Å². The molecule has 172 valence electrons. The van der Waals surface area contributed by atoms with Crippen LogP contribution in [0.15, 0.2) is 78.9 Å². The molecule has 1 N–H and O–H groups in total. The van der Waals surface area contributed by atoms with E-state index in [1.165, 1.54) is 4.90 Å². The minimum absolute atomic E-state index is 0.00165. The Morgan fingerprint density at radius 2 is 1.68 bits per heavy atom. The summed E-state index contributed by atoms with van der Waals surface area (Å²) >= 11 is 5.73. The van der Waals surface area contributed by atoms with Crippen molar-refractivity contribution in [1.82, 2.24) is 4.90 Å². The van der Waals surface area contributed by atoms with Gasteiger partial charge in [-0.25, -0.2) is 0 Å². The van der Waals surface area contributed by atoms with Gasteiger partial charge in [-0.05, 0) is 60.6 Å².